The third kappa shape index (κ3) is 5.34. The Morgan fingerprint density at radius 3 is 2.61 bits per heavy atom. The summed E-state index contributed by atoms with van der Waals surface area (Å²) in [5.41, 5.74) is 1.11. The van der Waals surface area contributed by atoms with Gasteiger partial charge in [-0.15, -0.1) is 11.3 Å². The summed E-state index contributed by atoms with van der Waals surface area (Å²) >= 11 is 2.98. The van der Waals surface area contributed by atoms with Crippen molar-refractivity contribution in [1.82, 2.24) is 10.2 Å². The summed E-state index contributed by atoms with van der Waals surface area (Å²) in [6.07, 6.45) is 2.30. The quantitative estimate of drug-likeness (QED) is 0.692. The van der Waals surface area contributed by atoms with Crippen LogP contribution >= 0.6 is 23.1 Å². The minimum atomic E-state index is -0.473. The van der Waals surface area contributed by atoms with E-state index in [-0.39, 0.29) is 30.2 Å². The molecule has 3 heterocycles. The normalized spacial score (nSPS) is 19.3. The van der Waals surface area contributed by atoms with Crippen LogP contribution in [0.2, 0.25) is 0 Å². The van der Waals surface area contributed by atoms with Crippen molar-refractivity contribution in [3.05, 3.63) is 52.2 Å². The zero-order valence-electron chi connectivity index (χ0n) is 17.2. The number of likely N-dealkylation sites (tertiary alicyclic amines) is 1. The molecule has 162 valence electrons. The number of carbonyl (C=O) groups is 3. The number of thiophene rings is 1. The van der Waals surface area contributed by atoms with Crippen LogP contribution in [0.5, 0.6) is 0 Å². The third-order valence-electron chi connectivity index (χ3n) is 5.22. The Balaban J connectivity index is 1.27. The Labute approximate surface area is 189 Å². The fourth-order valence-corrected chi connectivity index (χ4v) is 5.38. The Kier molecular flexibility index (Phi) is 6.72. The van der Waals surface area contributed by atoms with Crippen LogP contribution in [0.3, 0.4) is 0 Å². The molecule has 3 amide bonds. The zero-order valence-corrected chi connectivity index (χ0v) is 18.8. The molecule has 7 nitrogen and oxygen atoms in total. The van der Waals surface area contributed by atoms with E-state index in [1.165, 1.54) is 11.8 Å². The van der Waals surface area contributed by atoms with Crippen molar-refractivity contribution in [2.24, 2.45) is 4.99 Å². The van der Waals surface area contributed by atoms with Crippen molar-refractivity contribution >= 4 is 51.7 Å². The summed E-state index contributed by atoms with van der Waals surface area (Å²) in [4.78, 5) is 44.4. The smallest absolute Gasteiger partial charge is 0.262 e. The highest BCUT2D eigenvalue weighted by Crippen LogP contribution is 2.29. The highest BCUT2D eigenvalue weighted by atomic mass is 32.2. The summed E-state index contributed by atoms with van der Waals surface area (Å²) in [6.45, 7) is 3.79. The van der Waals surface area contributed by atoms with Crippen molar-refractivity contribution in [2.75, 3.05) is 18.4 Å². The maximum absolute atomic E-state index is 12.4. The Morgan fingerprint density at radius 1 is 1.19 bits per heavy atom. The molecular weight excluding hydrogens is 432 g/mol. The lowest BCUT2D eigenvalue weighted by atomic mass is 10.1. The van der Waals surface area contributed by atoms with Gasteiger partial charge in [-0.05, 0) is 55.5 Å². The van der Waals surface area contributed by atoms with E-state index in [1.807, 2.05) is 24.4 Å². The molecule has 0 bridgehead atoms. The number of thioether (sulfide) groups is 1. The van der Waals surface area contributed by atoms with Crippen molar-refractivity contribution in [1.29, 1.82) is 0 Å². The molecular formula is C22H24N4O3S2. The molecule has 2 aromatic rings. The molecule has 0 spiro atoms. The maximum atomic E-state index is 12.4. The largest absolute Gasteiger partial charge is 0.351 e. The van der Waals surface area contributed by atoms with Gasteiger partial charge >= 0.3 is 0 Å². The number of rotatable bonds is 6. The summed E-state index contributed by atoms with van der Waals surface area (Å²) in [5.74, 6) is -0.653. The number of aliphatic imine (C=N–C) groups is 1. The summed E-state index contributed by atoms with van der Waals surface area (Å²) in [7, 11) is 0. The molecule has 0 radical (unpaired) electrons. The number of hydrogen-bond donors (Lipinski definition) is 2. The van der Waals surface area contributed by atoms with Gasteiger partial charge < -0.3 is 15.5 Å². The Hall–Kier alpha value is -2.65. The van der Waals surface area contributed by atoms with Gasteiger partial charge in [0.2, 0.25) is 5.91 Å². The molecule has 2 atom stereocenters. The van der Waals surface area contributed by atoms with E-state index < -0.39 is 5.25 Å². The number of nitrogens with zero attached hydrogens (tertiary/aromatic N) is 2. The van der Waals surface area contributed by atoms with Crippen LogP contribution in [0.25, 0.3) is 0 Å². The lowest BCUT2D eigenvalue weighted by Crippen LogP contribution is -2.26. The number of hydrogen-bond acceptors (Lipinski definition) is 6. The predicted molar refractivity (Wildman–Crippen MR) is 125 cm³/mol. The lowest BCUT2D eigenvalue weighted by molar-refractivity contribution is -0.121. The Morgan fingerprint density at radius 2 is 1.94 bits per heavy atom. The van der Waals surface area contributed by atoms with E-state index in [1.54, 1.807) is 35.6 Å². The summed E-state index contributed by atoms with van der Waals surface area (Å²) in [6, 6.07) is 10.6. The molecule has 0 aliphatic carbocycles. The van der Waals surface area contributed by atoms with Crippen LogP contribution in [-0.4, -0.2) is 46.1 Å². The van der Waals surface area contributed by atoms with E-state index in [2.05, 4.69) is 20.5 Å². The monoisotopic (exact) mass is 456 g/mol. The van der Waals surface area contributed by atoms with Gasteiger partial charge in [0.25, 0.3) is 11.8 Å². The van der Waals surface area contributed by atoms with Crippen molar-refractivity contribution < 1.29 is 14.4 Å². The van der Waals surface area contributed by atoms with Crippen molar-refractivity contribution in [3.63, 3.8) is 0 Å². The van der Waals surface area contributed by atoms with E-state index >= 15 is 0 Å². The highest BCUT2D eigenvalue weighted by molar-refractivity contribution is 8.15. The van der Waals surface area contributed by atoms with E-state index in [4.69, 9.17) is 0 Å². The molecule has 2 aliphatic rings. The van der Waals surface area contributed by atoms with Crippen LogP contribution in [0, 0.1) is 0 Å². The molecule has 1 saturated heterocycles. The number of amidine groups is 1. The van der Waals surface area contributed by atoms with Gasteiger partial charge in [0.1, 0.15) is 5.25 Å². The molecule has 0 unspecified atom stereocenters. The summed E-state index contributed by atoms with van der Waals surface area (Å²) < 4.78 is 0. The van der Waals surface area contributed by atoms with Crippen LogP contribution < -0.4 is 10.6 Å². The van der Waals surface area contributed by atoms with Crippen molar-refractivity contribution in [2.45, 2.75) is 37.5 Å². The second-order valence-electron chi connectivity index (χ2n) is 7.57. The minimum Gasteiger partial charge on any atom is -0.351 e. The molecule has 1 aromatic carbocycles. The van der Waals surface area contributed by atoms with E-state index in [9.17, 15) is 14.4 Å². The minimum absolute atomic E-state index is 0.0685. The van der Waals surface area contributed by atoms with Gasteiger partial charge in [-0.25, -0.2) is 0 Å². The average Bonchev–Trinajstić information content (AvgIpc) is 3.51. The first-order valence-electron chi connectivity index (χ1n) is 10.3. The molecule has 31 heavy (non-hydrogen) atoms. The zero-order chi connectivity index (χ0) is 21.8. The summed E-state index contributed by atoms with van der Waals surface area (Å²) in [5, 5.41) is 8.02. The second-order valence-corrected chi connectivity index (χ2v) is 9.72. The second kappa shape index (κ2) is 9.65. The fraction of sp³-hybridized carbons (Fsp3) is 0.364. The predicted octanol–water partition coefficient (Wildman–Crippen LogP) is 3.66. The first-order valence-corrected chi connectivity index (χ1v) is 12.0. The lowest BCUT2D eigenvalue weighted by Gasteiger charge is -2.16. The molecule has 9 heteroatoms. The van der Waals surface area contributed by atoms with Crippen LogP contribution in [0.15, 0.2) is 46.8 Å². The van der Waals surface area contributed by atoms with Crippen molar-refractivity contribution in [3.8, 4) is 0 Å². The molecule has 0 saturated carbocycles. The number of anilines is 1. The van der Waals surface area contributed by atoms with Gasteiger partial charge in [-0.3, -0.25) is 14.4 Å². The molecule has 1 aromatic heterocycles. The first kappa shape index (κ1) is 21.6. The average molecular weight is 457 g/mol. The maximum Gasteiger partial charge on any atom is 0.262 e. The van der Waals surface area contributed by atoms with E-state index in [0.717, 1.165) is 36.0 Å². The van der Waals surface area contributed by atoms with Gasteiger partial charge in [0, 0.05) is 35.6 Å². The van der Waals surface area contributed by atoms with Gasteiger partial charge in [0.15, 0.2) is 5.17 Å². The van der Waals surface area contributed by atoms with Gasteiger partial charge in [-0.1, -0.05) is 17.8 Å². The standard InChI is InChI=1S/C22H24N4O3S2/c1-14(17-5-4-12-30-17)23-20(28)15-6-8-16(9-7-15)24-19(27)13-18-21(29)25-22(31-18)26-10-2-3-11-26/h4-9,12,14,18H,2-3,10-11,13H2,1H3,(H,23,28)(H,24,27)/t14-,18+/m1/s1. The van der Waals surface area contributed by atoms with Gasteiger partial charge in [0.05, 0.1) is 6.04 Å². The highest BCUT2D eigenvalue weighted by Gasteiger charge is 2.33. The molecule has 2 aliphatic heterocycles. The topological polar surface area (TPSA) is 90.9 Å². The third-order valence-corrected chi connectivity index (χ3v) is 7.49. The number of benzene rings is 1. The molecule has 1 fully saturated rings. The number of carbonyl (C=O) groups excluding carboxylic acids is 3. The van der Waals surface area contributed by atoms with Crippen LogP contribution in [0.1, 0.15) is 47.5 Å². The van der Waals surface area contributed by atoms with Gasteiger partial charge in [-0.2, -0.15) is 4.99 Å². The SMILES string of the molecule is C[C@@H](NC(=O)c1ccc(NC(=O)C[C@@H]2SC(N3CCCC3)=NC2=O)cc1)c1cccs1. The van der Waals surface area contributed by atoms with Crippen LogP contribution in [0.4, 0.5) is 5.69 Å². The number of nitrogens with one attached hydrogen (secondary N) is 2. The van der Waals surface area contributed by atoms with E-state index in [0.29, 0.717) is 11.3 Å². The van der Waals surface area contributed by atoms with Crippen LogP contribution in [-0.2, 0) is 9.59 Å². The number of amides is 3. The fourth-order valence-electron chi connectivity index (χ4n) is 3.53. The molecule has 4 rings (SSSR count). The Bertz CT molecular complexity index is 983. The first-order chi connectivity index (χ1) is 15.0. The molecule has 2 N–H and O–H groups in total.